The molecular weight excluding hydrogens is 112 g/mol. The first-order chi connectivity index (χ1) is 3.41. The Labute approximate surface area is 48.9 Å². The Morgan fingerprint density at radius 1 is 1.71 bits per heavy atom. The number of ether oxygens (including phenoxy) is 1. The molecule has 0 bridgehead atoms. The highest BCUT2D eigenvalue weighted by molar-refractivity contribution is 6.18. The normalized spacial score (nSPS) is 10.0. The first kappa shape index (κ1) is 6.83. The molecule has 0 aliphatic rings. The van der Waals surface area contributed by atoms with Gasteiger partial charge in [-0.05, 0) is 13.0 Å². The molecule has 0 aromatic rings. The molecular formula is C5H8ClO. The number of hydrogen-bond donors (Lipinski definition) is 0. The highest BCUT2D eigenvalue weighted by Crippen LogP contribution is 1.78. The Bertz CT molecular complexity index is 52.0. The van der Waals surface area contributed by atoms with Gasteiger partial charge in [0.05, 0.1) is 12.9 Å². The lowest BCUT2D eigenvalue weighted by Crippen LogP contribution is -1.76. The lowest BCUT2D eigenvalue weighted by atomic mass is 10.7. The van der Waals surface area contributed by atoms with Crippen molar-refractivity contribution in [3.8, 4) is 0 Å². The van der Waals surface area contributed by atoms with Crippen LogP contribution in [0.1, 0.15) is 0 Å². The van der Waals surface area contributed by atoms with Gasteiger partial charge < -0.3 is 4.74 Å². The van der Waals surface area contributed by atoms with Crippen LogP contribution in [0, 0.1) is 6.92 Å². The third kappa shape index (κ3) is 5.83. The molecule has 0 aromatic carbocycles. The third-order valence-electron chi connectivity index (χ3n) is 0.399. The zero-order valence-electron chi connectivity index (χ0n) is 4.06. The van der Waals surface area contributed by atoms with Gasteiger partial charge in [0, 0.05) is 5.88 Å². The fraction of sp³-hybridized carbons (Fsp3) is 0.400. The fourth-order valence-corrected chi connectivity index (χ4v) is 0.245. The van der Waals surface area contributed by atoms with E-state index in [1.165, 1.54) is 0 Å². The largest absolute Gasteiger partial charge is 0.501 e. The van der Waals surface area contributed by atoms with E-state index in [4.69, 9.17) is 16.3 Å². The summed E-state index contributed by atoms with van der Waals surface area (Å²) < 4.78 is 4.70. The Balaban J connectivity index is 2.78. The summed E-state index contributed by atoms with van der Waals surface area (Å²) in [4.78, 5) is 0. The minimum Gasteiger partial charge on any atom is -0.501 e. The van der Waals surface area contributed by atoms with E-state index in [0.29, 0.717) is 12.5 Å². The summed E-state index contributed by atoms with van der Waals surface area (Å²) in [6, 6.07) is 0. The van der Waals surface area contributed by atoms with E-state index in [0.717, 1.165) is 0 Å². The quantitative estimate of drug-likeness (QED) is 0.405. The minimum absolute atomic E-state index is 0.466. The van der Waals surface area contributed by atoms with Crippen LogP contribution >= 0.6 is 11.6 Å². The van der Waals surface area contributed by atoms with Gasteiger partial charge in [0.15, 0.2) is 0 Å². The van der Waals surface area contributed by atoms with E-state index in [2.05, 4.69) is 6.92 Å². The summed E-state index contributed by atoms with van der Waals surface area (Å²) in [6.45, 7) is 3.91. The van der Waals surface area contributed by atoms with Crippen LogP contribution in [0.5, 0.6) is 0 Å². The van der Waals surface area contributed by atoms with Crippen molar-refractivity contribution in [2.45, 2.75) is 0 Å². The van der Waals surface area contributed by atoms with E-state index in [9.17, 15) is 0 Å². The van der Waals surface area contributed by atoms with Gasteiger partial charge in [-0.25, -0.2) is 0 Å². The van der Waals surface area contributed by atoms with Crippen molar-refractivity contribution in [3.05, 3.63) is 19.3 Å². The van der Waals surface area contributed by atoms with Gasteiger partial charge in [-0.2, -0.15) is 0 Å². The lowest BCUT2D eigenvalue weighted by Gasteiger charge is -1.87. The molecule has 0 spiro atoms. The van der Waals surface area contributed by atoms with Crippen LogP contribution in [-0.4, -0.2) is 12.5 Å². The van der Waals surface area contributed by atoms with E-state index >= 15 is 0 Å². The van der Waals surface area contributed by atoms with Crippen molar-refractivity contribution in [1.82, 2.24) is 0 Å². The van der Waals surface area contributed by atoms with Crippen LogP contribution in [0.4, 0.5) is 0 Å². The molecule has 0 saturated carbocycles. The van der Waals surface area contributed by atoms with Crippen molar-refractivity contribution >= 4 is 11.6 Å². The molecule has 2 heteroatoms. The summed E-state index contributed by atoms with van der Waals surface area (Å²) in [5.74, 6) is 0.500. The maximum atomic E-state index is 5.25. The maximum Gasteiger partial charge on any atom is 0.0874 e. The van der Waals surface area contributed by atoms with Gasteiger partial charge in [0.25, 0.3) is 0 Å². The van der Waals surface area contributed by atoms with Crippen molar-refractivity contribution in [3.63, 3.8) is 0 Å². The summed E-state index contributed by atoms with van der Waals surface area (Å²) in [5.41, 5.74) is 0. The van der Waals surface area contributed by atoms with Crippen molar-refractivity contribution in [1.29, 1.82) is 0 Å². The van der Waals surface area contributed by atoms with Gasteiger partial charge in [0.1, 0.15) is 0 Å². The van der Waals surface area contributed by atoms with Gasteiger partial charge in [-0.1, -0.05) is 0 Å². The van der Waals surface area contributed by atoms with Crippen molar-refractivity contribution in [2.24, 2.45) is 0 Å². The van der Waals surface area contributed by atoms with Crippen molar-refractivity contribution in [2.75, 3.05) is 12.5 Å². The highest BCUT2D eigenvalue weighted by atomic mass is 35.5. The third-order valence-corrected chi connectivity index (χ3v) is 0.578. The zero-order valence-corrected chi connectivity index (χ0v) is 4.82. The van der Waals surface area contributed by atoms with E-state index in [1.54, 1.807) is 12.3 Å². The number of alkyl halides is 1. The van der Waals surface area contributed by atoms with Crippen LogP contribution < -0.4 is 0 Å². The minimum atomic E-state index is 0.466. The Hall–Kier alpha value is -0.170. The molecule has 0 aromatic heterocycles. The van der Waals surface area contributed by atoms with E-state index in [1.807, 2.05) is 0 Å². The number of rotatable bonds is 3. The van der Waals surface area contributed by atoms with Crippen LogP contribution in [-0.2, 0) is 4.74 Å². The molecule has 0 saturated heterocycles. The molecule has 0 amide bonds. The molecule has 0 rings (SSSR count). The second-order valence-corrected chi connectivity index (χ2v) is 1.21. The predicted octanol–water partition coefficient (Wildman–Crippen LogP) is 1.59. The average Bonchev–Trinajstić information content (AvgIpc) is 1.69. The maximum absolute atomic E-state index is 5.25. The molecule has 0 atom stereocenters. The zero-order chi connectivity index (χ0) is 5.54. The molecule has 0 fully saturated rings. The molecule has 41 valence electrons. The molecule has 7 heavy (non-hydrogen) atoms. The van der Waals surface area contributed by atoms with Gasteiger partial charge in [0.2, 0.25) is 0 Å². The number of allylic oxidation sites excluding steroid dienone is 1. The second kappa shape index (κ2) is 5.83. The van der Waals surface area contributed by atoms with Crippen LogP contribution in [0.15, 0.2) is 12.3 Å². The van der Waals surface area contributed by atoms with Crippen LogP contribution in [0.25, 0.3) is 0 Å². The summed E-state index contributed by atoms with van der Waals surface area (Å²) in [7, 11) is 0. The first-order valence-electron chi connectivity index (χ1n) is 2.03. The van der Waals surface area contributed by atoms with E-state index < -0.39 is 0 Å². The average molecular weight is 120 g/mol. The SMILES string of the molecule is [CH2]COC=CCCl. The molecule has 0 N–H and O–H groups in total. The number of halogens is 1. The monoisotopic (exact) mass is 119 g/mol. The fourth-order valence-electron chi connectivity index (χ4n) is 0.172. The Morgan fingerprint density at radius 3 is 2.86 bits per heavy atom. The topological polar surface area (TPSA) is 9.23 Å². The van der Waals surface area contributed by atoms with Crippen LogP contribution in [0.2, 0.25) is 0 Å². The van der Waals surface area contributed by atoms with E-state index in [-0.39, 0.29) is 0 Å². The molecule has 0 heterocycles. The lowest BCUT2D eigenvalue weighted by molar-refractivity contribution is 0.287. The standard InChI is InChI=1S/C5H8ClO/c1-2-7-5-3-4-6/h3,5H,1-2,4H2. The molecule has 1 radical (unpaired) electrons. The highest BCUT2D eigenvalue weighted by Gasteiger charge is 1.66. The van der Waals surface area contributed by atoms with Crippen molar-refractivity contribution < 1.29 is 4.74 Å². The molecule has 0 aliphatic carbocycles. The molecule has 1 nitrogen and oxygen atoms in total. The van der Waals surface area contributed by atoms with Gasteiger partial charge >= 0.3 is 0 Å². The summed E-state index contributed by atoms with van der Waals surface area (Å²) in [5, 5.41) is 0. The van der Waals surface area contributed by atoms with Gasteiger partial charge in [-0.15, -0.1) is 11.6 Å². The smallest absolute Gasteiger partial charge is 0.0874 e. The predicted molar refractivity (Wildman–Crippen MR) is 31.2 cm³/mol. The molecule has 0 unspecified atom stereocenters. The summed E-state index contributed by atoms with van der Waals surface area (Å²) in [6.07, 6.45) is 3.26. The Morgan fingerprint density at radius 2 is 2.43 bits per heavy atom. The van der Waals surface area contributed by atoms with Gasteiger partial charge in [-0.3, -0.25) is 0 Å². The molecule has 0 aliphatic heterocycles. The Kier molecular flexibility index (Phi) is 5.69. The second-order valence-electron chi connectivity index (χ2n) is 0.897. The summed E-state index contributed by atoms with van der Waals surface area (Å²) >= 11 is 5.25. The number of hydrogen-bond acceptors (Lipinski definition) is 1. The van der Waals surface area contributed by atoms with Crippen LogP contribution in [0.3, 0.4) is 0 Å². The first-order valence-corrected chi connectivity index (χ1v) is 2.57.